The van der Waals surface area contributed by atoms with Crippen LogP contribution in [0.25, 0.3) is 0 Å². The van der Waals surface area contributed by atoms with Gasteiger partial charge >= 0.3 is 0 Å². The second-order valence-electron chi connectivity index (χ2n) is 9.81. The molecule has 1 saturated carbocycles. The number of nitrogens with zero attached hydrogens (tertiary/aromatic N) is 1. The van der Waals surface area contributed by atoms with E-state index >= 15 is 0 Å². The van der Waals surface area contributed by atoms with Crippen LogP contribution in [0.4, 0.5) is 5.69 Å². The van der Waals surface area contributed by atoms with Crippen LogP contribution >= 0.6 is 11.6 Å². The molecule has 3 atom stereocenters. The third-order valence-electron chi connectivity index (χ3n) is 7.47. The standard InChI is InChI=1S/C24H30ClN3O3S/c25-20-6-8-21(9-7-20)32(30,31)26-22-10-11-23-19-12-18(15-28(23)24(22)29)14-27(16-19)13-17-4-2-1-3-5-17/h6-11,17-19,26H,1-5,12-16H2/p+1/t18-,19+/m0/s1. The maximum atomic E-state index is 13.2. The number of fused-ring (bicyclic) bond motifs is 4. The number of nitrogens with one attached hydrogen (secondary N) is 2. The molecule has 6 nitrogen and oxygen atoms in total. The number of hydrogen-bond acceptors (Lipinski definition) is 3. The van der Waals surface area contributed by atoms with Gasteiger partial charge in [-0.3, -0.25) is 9.52 Å². The van der Waals surface area contributed by atoms with Crippen molar-refractivity contribution in [2.75, 3.05) is 24.4 Å². The Bertz CT molecular complexity index is 1140. The number of anilines is 1. The van der Waals surface area contributed by atoms with Gasteiger partial charge in [0.2, 0.25) is 0 Å². The summed E-state index contributed by atoms with van der Waals surface area (Å²) in [5, 5.41) is 0.462. The number of pyridine rings is 1. The van der Waals surface area contributed by atoms with E-state index < -0.39 is 10.0 Å². The summed E-state index contributed by atoms with van der Waals surface area (Å²) >= 11 is 5.87. The Morgan fingerprint density at radius 3 is 2.53 bits per heavy atom. The third-order valence-corrected chi connectivity index (χ3v) is 9.10. The first kappa shape index (κ1) is 22.0. The lowest BCUT2D eigenvalue weighted by Gasteiger charge is -2.41. The summed E-state index contributed by atoms with van der Waals surface area (Å²) in [5.41, 5.74) is 0.919. The summed E-state index contributed by atoms with van der Waals surface area (Å²) in [4.78, 5) is 15.0. The molecule has 2 bridgehead atoms. The van der Waals surface area contributed by atoms with Gasteiger partial charge in [-0.1, -0.05) is 30.9 Å². The molecular weight excluding hydrogens is 446 g/mol. The zero-order chi connectivity index (χ0) is 22.3. The maximum absolute atomic E-state index is 13.2. The van der Waals surface area contributed by atoms with Crippen molar-refractivity contribution in [2.45, 2.75) is 55.9 Å². The predicted molar refractivity (Wildman–Crippen MR) is 126 cm³/mol. The van der Waals surface area contributed by atoms with Gasteiger partial charge in [-0.05, 0) is 55.7 Å². The van der Waals surface area contributed by atoms with E-state index in [-0.39, 0.29) is 16.1 Å². The molecule has 0 spiro atoms. The second kappa shape index (κ2) is 8.84. The Balaban J connectivity index is 1.35. The molecule has 8 heteroatoms. The molecule has 0 amide bonds. The molecule has 2 fully saturated rings. The van der Waals surface area contributed by atoms with Gasteiger partial charge in [0, 0.05) is 35.0 Å². The monoisotopic (exact) mass is 476 g/mol. The Labute approximate surface area is 194 Å². The van der Waals surface area contributed by atoms with Gasteiger partial charge in [0.1, 0.15) is 5.69 Å². The second-order valence-corrected chi connectivity index (χ2v) is 11.9. The zero-order valence-electron chi connectivity index (χ0n) is 18.2. The molecule has 172 valence electrons. The average molecular weight is 477 g/mol. The molecule has 2 N–H and O–H groups in total. The van der Waals surface area contributed by atoms with E-state index in [4.69, 9.17) is 11.6 Å². The van der Waals surface area contributed by atoms with E-state index in [0.717, 1.165) is 31.1 Å². The fourth-order valence-corrected chi connectivity index (χ4v) is 7.21. The molecule has 5 rings (SSSR count). The summed E-state index contributed by atoms with van der Waals surface area (Å²) < 4.78 is 29.8. The number of rotatable bonds is 5. The van der Waals surface area contributed by atoms with Crippen LogP contribution in [0.5, 0.6) is 0 Å². The zero-order valence-corrected chi connectivity index (χ0v) is 19.8. The van der Waals surface area contributed by atoms with Crippen LogP contribution in [0.2, 0.25) is 5.02 Å². The molecule has 3 heterocycles. The van der Waals surface area contributed by atoms with Crippen LogP contribution in [0.1, 0.15) is 50.1 Å². The van der Waals surface area contributed by atoms with Gasteiger partial charge in [0.15, 0.2) is 0 Å². The molecule has 2 aliphatic heterocycles. The fraction of sp³-hybridized carbons (Fsp3) is 0.542. The largest absolute Gasteiger partial charge is 0.334 e. The average Bonchev–Trinajstić information content (AvgIpc) is 2.77. The van der Waals surface area contributed by atoms with Gasteiger partial charge < -0.3 is 9.47 Å². The van der Waals surface area contributed by atoms with Crippen molar-refractivity contribution in [3.8, 4) is 0 Å². The minimum absolute atomic E-state index is 0.0860. The SMILES string of the molecule is O=c1c(NS(=O)(=O)c2ccc(Cl)cc2)ccc2n1C[C@H]1C[C@@H]2C[NH+](CC2CCCCC2)C1. The summed E-state index contributed by atoms with van der Waals surface area (Å²) in [6.45, 7) is 4.12. The van der Waals surface area contributed by atoms with Gasteiger partial charge in [0.25, 0.3) is 15.6 Å². The smallest absolute Gasteiger partial charge is 0.275 e. The van der Waals surface area contributed by atoms with Crippen LogP contribution in [0.15, 0.2) is 46.1 Å². The molecule has 1 aromatic heterocycles. The number of aromatic nitrogens is 1. The van der Waals surface area contributed by atoms with Crippen LogP contribution in [0, 0.1) is 11.8 Å². The van der Waals surface area contributed by atoms with E-state index in [1.165, 1.54) is 62.9 Å². The molecule has 1 aromatic carbocycles. The minimum Gasteiger partial charge on any atom is -0.334 e. The number of halogens is 1. The molecular formula is C24H31ClN3O3S+. The first-order valence-electron chi connectivity index (χ1n) is 11.7. The Hall–Kier alpha value is -1.83. The van der Waals surface area contributed by atoms with E-state index in [1.807, 2.05) is 10.6 Å². The van der Waals surface area contributed by atoms with Crippen LogP contribution in [-0.4, -0.2) is 32.6 Å². The lowest BCUT2D eigenvalue weighted by molar-refractivity contribution is -0.914. The summed E-state index contributed by atoms with van der Waals surface area (Å²) in [6.07, 6.45) is 7.99. The first-order chi connectivity index (χ1) is 15.4. The van der Waals surface area contributed by atoms with E-state index in [2.05, 4.69) is 4.72 Å². The number of hydrogen-bond donors (Lipinski definition) is 2. The number of benzene rings is 1. The third kappa shape index (κ3) is 4.47. The lowest BCUT2D eigenvalue weighted by atomic mass is 9.81. The highest BCUT2D eigenvalue weighted by molar-refractivity contribution is 7.92. The quantitative estimate of drug-likeness (QED) is 0.697. The van der Waals surface area contributed by atoms with Crippen molar-refractivity contribution >= 4 is 27.3 Å². The lowest BCUT2D eigenvalue weighted by Crippen LogP contribution is -3.15. The van der Waals surface area contributed by atoms with Gasteiger partial charge in [-0.15, -0.1) is 0 Å². The summed E-state index contributed by atoms with van der Waals surface area (Å²) in [7, 11) is -3.85. The Morgan fingerprint density at radius 2 is 1.78 bits per heavy atom. The van der Waals surface area contributed by atoms with Crippen molar-refractivity contribution in [3.63, 3.8) is 0 Å². The normalized spacial score (nSPS) is 25.8. The number of sulfonamides is 1. The van der Waals surface area contributed by atoms with Crippen LogP contribution < -0.4 is 15.2 Å². The fourth-order valence-electron chi connectivity index (χ4n) is 6.03. The van der Waals surface area contributed by atoms with Crippen molar-refractivity contribution in [1.82, 2.24) is 4.57 Å². The Kier molecular flexibility index (Phi) is 6.07. The Morgan fingerprint density at radius 1 is 1.03 bits per heavy atom. The van der Waals surface area contributed by atoms with Crippen molar-refractivity contribution < 1.29 is 13.3 Å². The molecule has 2 aromatic rings. The number of quaternary nitrogens is 1. The highest BCUT2D eigenvalue weighted by Crippen LogP contribution is 2.31. The first-order valence-corrected chi connectivity index (χ1v) is 13.6. The minimum atomic E-state index is -3.85. The number of likely N-dealkylation sites (tertiary alicyclic amines) is 1. The molecule has 0 radical (unpaired) electrons. The number of piperidine rings is 1. The van der Waals surface area contributed by atoms with Crippen LogP contribution in [0.3, 0.4) is 0 Å². The highest BCUT2D eigenvalue weighted by Gasteiger charge is 2.38. The topological polar surface area (TPSA) is 72.6 Å². The summed E-state index contributed by atoms with van der Waals surface area (Å²) in [5.74, 6) is 1.70. The van der Waals surface area contributed by atoms with Crippen molar-refractivity contribution in [3.05, 3.63) is 57.5 Å². The van der Waals surface area contributed by atoms with Crippen molar-refractivity contribution in [1.29, 1.82) is 0 Å². The van der Waals surface area contributed by atoms with E-state index in [9.17, 15) is 13.2 Å². The van der Waals surface area contributed by atoms with Gasteiger partial charge in [0.05, 0.1) is 24.5 Å². The van der Waals surface area contributed by atoms with Crippen molar-refractivity contribution in [2.24, 2.45) is 11.8 Å². The van der Waals surface area contributed by atoms with Crippen LogP contribution in [-0.2, 0) is 16.6 Å². The molecule has 32 heavy (non-hydrogen) atoms. The molecule has 1 aliphatic carbocycles. The summed E-state index contributed by atoms with van der Waals surface area (Å²) in [6, 6.07) is 9.52. The van der Waals surface area contributed by atoms with Gasteiger partial charge in [-0.2, -0.15) is 0 Å². The highest BCUT2D eigenvalue weighted by atomic mass is 35.5. The molecule has 1 saturated heterocycles. The van der Waals surface area contributed by atoms with E-state index in [0.29, 0.717) is 23.4 Å². The maximum Gasteiger partial charge on any atom is 0.275 e. The van der Waals surface area contributed by atoms with E-state index in [1.54, 1.807) is 11.0 Å². The predicted octanol–water partition coefficient (Wildman–Crippen LogP) is 2.88. The molecule has 1 unspecified atom stereocenters. The van der Waals surface area contributed by atoms with Gasteiger partial charge in [-0.25, -0.2) is 8.42 Å². The molecule has 3 aliphatic rings.